The maximum absolute atomic E-state index is 6.06. The lowest BCUT2D eigenvalue weighted by Gasteiger charge is -2.13. The largest absolute Gasteiger partial charge is 0.495 e. The molecule has 0 atom stereocenters. The first kappa shape index (κ1) is 17.3. The van der Waals surface area contributed by atoms with E-state index < -0.39 is 0 Å². The average Bonchev–Trinajstić information content (AvgIpc) is 2.61. The maximum atomic E-state index is 6.06. The molecule has 0 saturated carbocycles. The number of hydrogen-bond donors (Lipinski definition) is 2. The van der Waals surface area contributed by atoms with E-state index in [9.17, 15) is 0 Å². The lowest BCUT2D eigenvalue weighted by atomic mass is 10.1. The zero-order valence-electron chi connectivity index (χ0n) is 14.3. The summed E-state index contributed by atoms with van der Waals surface area (Å²) in [7, 11) is 6.27. The Bertz CT molecular complexity index is 732. The highest BCUT2D eigenvalue weighted by molar-refractivity contribution is 5.84. The number of ether oxygens (including phenoxy) is 4. The van der Waals surface area contributed by atoms with Crippen LogP contribution in [0, 0.1) is 0 Å². The Morgan fingerprint density at radius 3 is 1.79 bits per heavy atom. The molecule has 2 rings (SSSR count). The van der Waals surface area contributed by atoms with Crippen molar-refractivity contribution in [2.45, 2.75) is 0 Å². The van der Waals surface area contributed by atoms with Crippen LogP contribution in [0.2, 0.25) is 0 Å². The van der Waals surface area contributed by atoms with Gasteiger partial charge in [-0.25, -0.2) is 0 Å². The number of rotatable bonds is 6. The van der Waals surface area contributed by atoms with E-state index in [1.165, 1.54) is 0 Å². The van der Waals surface area contributed by atoms with Crippen LogP contribution in [0.15, 0.2) is 24.3 Å². The Morgan fingerprint density at radius 1 is 0.708 bits per heavy atom. The summed E-state index contributed by atoms with van der Waals surface area (Å²) in [5, 5.41) is 0. The Kier molecular flexibility index (Phi) is 5.42. The minimum atomic E-state index is 0.421. The van der Waals surface area contributed by atoms with Crippen molar-refractivity contribution in [2.75, 3.05) is 39.9 Å². The van der Waals surface area contributed by atoms with E-state index in [0.717, 1.165) is 11.1 Å². The molecule has 0 amide bonds. The van der Waals surface area contributed by atoms with Gasteiger partial charge < -0.3 is 30.4 Å². The van der Waals surface area contributed by atoms with Gasteiger partial charge in [-0.15, -0.1) is 0 Å². The van der Waals surface area contributed by atoms with Crippen molar-refractivity contribution in [1.29, 1.82) is 0 Å². The maximum Gasteiger partial charge on any atom is 0.203 e. The third-order valence-electron chi connectivity index (χ3n) is 3.64. The van der Waals surface area contributed by atoms with E-state index in [-0.39, 0.29) is 0 Å². The molecule has 128 valence electrons. The molecule has 6 nitrogen and oxygen atoms in total. The van der Waals surface area contributed by atoms with Crippen LogP contribution in [-0.2, 0) is 0 Å². The fourth-order valence-corrected chi connectivity index (χ4v) is 2.34. The predicted molar refractivity (Wildman–Crippen MR) is 96.8 cm³/mol. The van der Waals surface area contributed by atoms with Crippen LogP contribution in [0.4, 0.5) is 11.4 Å². The van der Waals surface area contributed by atoms with Crippen molar-refractivity contribution in [3.05, 3.63) is 35.4 Å². The van der Waals surface area contributed by atoms with Crippen LogP contribution < -0.4 is 30.4 Å². The van der Waals surface area contributed by atoms with Crippen molar-refractivity contribution in [3.8, 4) is 23.0 Å². The van der Waals surface area contributed by atoms with Crippen LogP contribution in [0.3, 0.4) is 0 Å². The van der Waals surface area contributed by atoms with Crippen molar-refractivity contribution in [3.63, 3.8) is 0 Å². The summed E-state index contributed by atoms with van der Waals surface area (Å²) in [5.41, 5.74) is 14.6. The molecule has 6 heteroatoms. The first-order chi connectivity index (χ1) is 11.5. The van der Waals surface area contributed by atoms with E-state index >= 15 is 0 Å². The molecular formula is C18H22N2O4. The van der Waals surface area contributed by atoms with Crippen LogP contribution in [0.5, 0.6) is 23.0 Å². The van der Waals surface area contributed by atoms with E-state index in [4.69, 9.17) is 30.4 Å². The molecule has 0 saturated heterocycles. The van der Waals surface area contributed by atoms with Crippen molar-refractivity contribution in [2.24, 2.45) is 0 Å². The normalized spacial score (nSPS) is 10.7. The van der Waals surface area contributed by atoms with Gasteiger partial charge in [-0.1, -0.05) is 12.2 Å². The Morgan fingerprint density at radius 2 is 1.29 bits per heavy atom. The van der Waals surface area contributed by atoms with Gasteiger partial charge in [0, 0.05) is 0 Å². The van der Waals surface area contributed by atoms with E-state index in [2.05, 4.69) is 0 Å². The number of anilines is 2. The third kappa shape index (κ3) is 3.32. The zero-order valence-corrected chi connectivity index (χ0v) is 14.3. The second-order valence-electron chi connectivity index (χ2n) is 4.98. The van der Waals surface area contributed by atoms with Crippen LogP contribution >= 0.6 is 0 Å². The molecular weight excluding hydrogens is 308 g/mol. The highest BCUT2D eigenvalue weighted by atomic mass is 16.5. The predicted octanol–water partition coefficient (Wildman–Crippen LogP) is 3.06. The quantitative estimate of drug-likeness (QED) is 0.625. The molecule has 0 aromatic heterocycles. The minimum Gasteiger partial charge on any atom is -0.495 e. The summed E-state index contributed by atoms with van der Waals surface area (Å²) in [6, 6.07) is 7.32. The second kappa shape index (κ2) is 7.50. The molecule has 2 aromatic rings. The smallest absolute Gasteiger partial charge is 0.203 e. The first-order valence-electron chi connectivity index (χ1n) is 7.25. The van der Waals surface area contributed by atoms with Gasteiger partial charge in [0.05, 0.1) is 39.8 Å². The number of nitrogens with two attached hydrogens (primary N) is 2. The van der Waals surface area contributed by atoms with Gasteiger partial charge in [-0.2, -0.15) is 0 Å². The Labute approximate surface area is 141 Å². The fourth-order valence-electron chi connectivity index (χ4n) is 2.34. The molecule has 0 fully saturated rings. The highest BCUT2D eigenvalue weighted by Gasteiger charge is 2.12. The highest BCUT2D eigenvalue weighted by Crippen LogP contribution is 2.39. The molecule has 0 bridgehead atoms. The molecule has 0 radical (unpaired) electrons. The van der Waals surface area contributed by atoms with Gasteiger partial charge in [0.25, 0.3) is 0 Å². The number of nitrogen functional groups attached to an aromatic ring is 2. The molecule has 0 heterocycles. The Balaban J connectivity index is 2.41. The van der Waals surface area contributed by atoms with Crippen LogP contribution in [0.25, 0.3) is 12.2 Å². The number of benzene rings is 2. The summed E-state index contributed by atoms with van der Waals surface area (Å²) in [4.78, 5) is 0. The molecule has 0 spiro atoms. The Hall–Kier alpha value is -3.02. The van der Waals surface area contributed by atoms with Gasteiger partial charge in [0.15, 0.2) is 11.5 Å². The van der Waals surface area contributed by atoms with Gasteiger partial charge in [0.1, 0.15) is 5.75 Å². The average molecular weight is 330 g/mol. The lowest BCUT2D eigenvalue weighted by molar-refractivity contribution is 0.324. The second-order valence-corrected chi connectivity index (χ2v) is 4.98. The van der Waals surface area contributed by atoms with Crippen molar-refractivity contribution in [1.82, 2.24) is 0 Å². The molecule has 4 N–H and O–H groups in total. The summed E-state index contributed by atoms with van der Waals surface area (Å²) in [6.45, 7) is 0. The summed E-state index contributed by atoms with van der Waals surface area (Å²) >= 11 is 0. The van der Waals surface area contributed by atoms with Crippen molar-refractivity contribution < 1.29 is 18.9 Å². The SMILES string of the molecule is COc1ccc(C=Cc2cc(OC)c(OC)c(OC)c2)c(N)c1N. The van der Waals surface area contributed by atoms with Crippen LogP contribution in [0.1, 0.15) is 11.1 Å². The molecule has 24 heavy (non-hydrogen) atoms. The topological polar surface area (TPSA) is 89.0 Å². The van der Waals surface area contributed by atoms with Gasteiger partial charge in [-0.3, -0.25) is 0 Å². The number of hydrogen-bond acceptors (Lipinski definition) is 6. The summed E-state index contributed by atoms with van der Waals surface area (Å²) in [5.74, 6) is 2.26. The summed E-state index contributed by atoms with van der Waals surface area (Å²) in [6.07, 6.45) is 3.76. The zero-order chi connectivity index (χ0) is 17.7. The number of methoxy groups -OCH3 is 4. The monoisotopic (exact) mass is 330 g/mol. The molecule has 0 unspecified atom stereocenters. The van der Waals surface area contributed by atoms with E-state index in [0.29, 0.717) is 34.4 Å². The lowest BCUT2D eigenvalue weighted by Crippen LogP contribution is -2.00. The molecule has 2 aromatic carbocycles. The van der Waals surface area contributed by atoms with Crippen molar-refractivity contribution >= 4 is 23.5 Å². The van der Waals surface area contributed by atoms with E-state index in [1.54, 1.807) is 34.5 Å². The van der Waals surface area contributed by atoms with Gasteiger partial charge in [-0.05, 0) is 35.4 Å². The first-order valence-corrected chi connectivity index (χ1v) is 7.25. The molecule has 0 aliphatic heterocycles. The summed E-state index contributed by atoms with van der Waals surface area (Å²) < 4.78 is 21.2. The van der Waals surface area contributed by atoms with E-state index in [1.807, 2.05) is 30.4 Å². The standard InChI is InChI=1S/C18H22N2O4/c1-21-13-8-7-12(16(19)17(13)20)6-5-11-9-14(22-2)18(24-4)15(10-11)23-3/h5-10H,19-20H2,1-4H3. The molecule has 0 aliphatic carbocycles. The molecule has 0 aliphatic rings. The van der Waals surface area contributed by atoms with Gasteiger partial charge in [0.2, 0.25) is 5.75 Å². The third-order valence-corrected chi connectivity index (χ3v) is 3.64. The van der Waals surface area contributed by atoms with Crippen LogP contribution in [-0.4, -0.2) is 28.4 Å². The minimum absolute atomic E-state index is 0.421. The van der Waals surface area contributed by atoms with Gasteiger partial charge >= 0.3 is 0 Å². The fraction of sp³-hybridized carbons (Fsp3) is 0.222.